The van der Waals surface area contributed by atoms with Gasteiger partial charge >= 0.3 is 0 Å². The minimum Gasteiger partial charge on any atom is -0.329 e. The molecule has 25 heavy (non-hydrogen) atoms. The lowest BCUT2D eigenvalue weighted by Crippen LogP contribution is -2.24. The van der Waals surface area contributed by atoms with E-state index in [0.717, 1.165) is 26.1 Å². The van der Waals surface area contributed by atoms with Crippen LogP contribution in [0.5, 0.6) is 0 Å². The average Bonchev–Trinajstić information content (AvgIpc) is 3.27. The van der Waals surface area contributed by atoms with Crippen molar-refractivity contribution < 1.29 is 4.39 Å². The highest BCUT2D eigenvalue weighted by Crippen LogP contribution is 2.33. The third kappa shape index (κ3) is 3.64. The van der Waals surface area contributed by atoms with Gasteiger partial charge in [-0.05, 0) is 42.6 Å². The van der Waals surface area contributed by atoms with Crippen molar-refractivity contribution in [2.45, 2.75) is 32.0 Å². The SMILES string of the molecule is Fc1ccc([C@H]2CCCN2Cc2cncn2Cc2ccccc2)cc1. The molecule has 4 rings (SSSR count). The van der Waals surface area contributed by atoms with E-state index in [0.29, 0.717) is 6.04 Å². The molecule has 0 N–H and O–H groups in total. The predicted molar refractivity (Wildman–Crippen MR) is 96.6 cm³/mol. The van der Waals surface area contributed by atoms with Gasteiger partial charge in [-0.15, -0.1) is 0 Å². The number of nitrogens with zero attached hydrogens (tertiary/aromatic N) is 3. The molecule has 3 aromatic rings. The Morgan fingerprint density at radius 2 is 1.80 bits per heavy atom. The Hall–Kier alpha value is -2.46. The Bertz CT molecular complexity index is 811. The van der Waals surface area contributed by atoms with Crippen LogP contribution >= 0.6 is 0 Å². The molecule has 4 heteroatoms. The molecule has 0 spiro atoms. The molecular weight excluding hydrogens is 313 g/mol. The Labute approximate surface area is 147 Å². The fourth-order valence-electron chi connectivity index (χ4n) is 3.69. The highest BCUT2D eigenvalue weighted by molar-refractivity contribution is 5.21. The van der Waals surface area contributed by atoms with Gasteiger partial charge in [-0.2, -0.15) is 0 Å². The number of hydrogen-bond acceptors (Lipinski definition) is 2. The molecule has 1 atom stereocenters. The summed E-state index contributed by atoms with van der Waals surface area (Å²) in [6, 6.07) is 17.8. The van der Waals surface area contributed by atoms with Crippen molar-refractivity contribution in [1.29, 1.82) is 0 Å². The van der Waals surface area contributed by atoms with E-state index in [9.17, 15) is 4.39 Å². The van der Waals surface area contributed by atoms with Crippen LogP contribution in [0.3, 0.4) is 0 Å². The number of aromatic nitrogens is 2. The van der Waals surface area contributed by atoms with Crippen molar-refractivity contribution in [3.05, 3.63) is 89.8 Å². The van der Waals surface area contributed by atoms with Gasteiger partial charge in [-0.25, -0.2) is 9.37 Å². The van der Waals surface area contributed by atoms with Crippen LogP contribution in [-0.4, -0.2) is 21.0 Å². The van der Waals surface area contributed by atoms with Crippen LogP contribution in [0.1, 0.15) is 35.7 Å². The monoisotopic (exact) mass is 335 g/mol. The summed E-state index contributed by atoms with van der Waals surface area (Å²) < 4.78 is 15.4. The van der Waals surface area contributed by atoms with E-state index in [1.165, 1.54) is 23.2 Å². The van der Waals surface area contributed by atoms with Gasteiger partial charge in [0.1, 0.15) is 5.82 Å². The van der Waals surface area contributed by atoms with E-state index >= 15 is 0 Å². The number of imidazole rings is 1. The van der Waals surface area contributed by atoms with Crippen molar-refractivity contribution in [2.75, 3.05) is 6.54 Å². The first-order valence-electron chi connectivity index (χ1n) is 8.82. The summed E-state index contributed by atoms with van der Waals surface area (Å²) in [5, 5.41) is 0. The van der Waals surface area contributed by atoms with Crippen LogP contribution in [0.15, 0.2) is 67.1 Å². The molecule has 0 bridgehead atoms. The summed E-state index contributed by atoms with van der Waals surface area (Å²) in [6.07, 6.45) is 6.17. The normalized spacial score (nSPS) is 17.9. The Morgan fingerprint density at radius 1 is 1.00 bits per heavy atom. The third-order valence-corrected chi connectivity index (χ3v) is 4.98. The van der Waals surface area contributed by atoms with E-state index in [-0.39, 0.29) is 5.82 Å². The summed E-state index contributed by atoms with van der Waals surface area (Å²) in [4.78, 5) is 6.83. The lowest BCUT2D eigenvalue weighted by molar-refractivity contribution is 0.242. The molecule has 3 nitrogen and oxygen atoms in total. The average molecular weight is 335 g/mol. The van der Waals surface area contributed by atoms with Crippen LogP contribution in [0, 0.1) is 5.82 Å². The number of halogens is 1. The van der Waals surface area contributed by atoms with Crippen LogP contribution in [0.2, 0.25) is 0 Å². The summed E-state index contributed by atoms with van der Waals surface area (Å²) in [7, 11) is 0. The molecule has 1 aliphatic rings. The maximum Gasteiger partial charge on any atom is 0.123 e. The van der Waals surface area contributed by atoms with Crippen LogP contribution < -0.4 is 0 Å². The van der Waals surface area contributed by atoms with Crippen LogP contribution in [0.4, 0.5) is 4.39 Å². The van der Waals surface area contributed by atoms with Gasteiger partial charge in [0.2, 0.25) is 0 Å². The van der Waals surface area contributed by atoms with Crippen LogP contribution in [0.25, 0.3) is 0 Å². The maximum absolute atomic E-state index is 13.2. The van der Waals surface area contributed by atoms with Gasteiger partial charge in [-0.3, -0.25) is 4.90 Å². The summed E-state index contributed by atoms with van der Waals surface area (Å²) in [5.74, 6) is -0.172. The quantitative estimate of drug-likeness (QED) is 0.689. The number of benzene rings is 2. The molecular formula is C21H22FN3. The standard InChI is InChI=1S/C21H22FN3/c22-19-10-8-18(9-11-19)21-7-4-12-24(21)15-20-13-23-16-25(20)14-17-5-2-1-3-6-17/h1-3,5-6,8-11,13,16,21H,4,7,12,14-15H2/t21-/m1/s1. The van der Waals surface area contributed by atoms with Gasteiger partial charge < -0.3 is 4.57 Å². The zero-order valence-corrected chi connectivity index (χ0v) is 14.2. The lowest BCUT2D eigenvalue weighted by Gasteiger charge is -2.25. The van der Waals surface area contributed by atoms with Crippen molar-refractivity contribution in [2.24, 2.45) is 0 Å². The molecule has 1 saturated heterocycles. The second-order valence-electron chi connectivity index (χ2n) is 6.68. The smallest absolute Gasteiger partial charge is 0.123 e. The molecule has 0 amide bonds. The molecule has 2 heterocycles. The third-order valence-electron chi connectivity index (χ3n) is 4.98. The molecule has 0 saturated carbocycles. The largest absolute Gasteiger partial charge is 0.329 e. The second kappa shape index (κ2) is 7.19. The molecule has 1 aliphatic heterocycles. The first kappa shape index (κ1) is 16.0. The predicted octanol–water partition coefficient (Wildman–Crippen LogP) is 4.41. The molecule has 0 unspecified atom stereocenters. The molecule has 2 aromatic carbocycles. The summed E-state index contributed by atoms with van der Waals surface area (Å²) in [5.41, 5.74) is 3.70. The topological polar surface area (TPSA) is 21.1 Å². The van der Waals surface area contributed by atoms with Gasteiger partial charge in [0.05, 0.1) is 12.0 Å². The van der Waals surface area contributed by atoms with Crippen molar-refractivity contribution in [3.63, 3.8) is 0 Å². The molecule has 128 valence electrons. The van der Waals surface area contributed by atoms with Gasteiger partial charge in [0.25, 0.3) is 0 Å². The number of rotatable bonds is 5. The highest BCUT2D eigenvalue weighted by Gasteiger charge is 2.26. The fraction of sp³-hybridized carbons (Fsp3) is 0.286. The van der Waals surface area contributed by atoms with Crippen molar-refractivity contribution >= 4 is 0 Å². The van der Waals surface area contributed by atoms with Crippen molar-refractivity contribution in [1.82, 2.24) is 14.5 Å². The van der Waals surface area contributed by atoms with E-state index in [1.807, 2.05) is 30.7 Å². The molecule has 0 aliphatic carbocycles. The van der Waals surface area contributed by atoms with Crippen LogP contribution in [-0.2, 0) is 13.1 Å². The zero-order chi connectivity index (χ0) is 17.1. The van der Waals surface area contributed by atoms with E-state index in [1.54, 1.807) is 12.1 Å². The van der Waals surface area contributed by atoms with Crippen molar-refractivity contribution in [3.8, 4) is 0 Å². The summed E-state index contributed by atoms with van der Waals surface area (Å²) in [6.45, 7) is 2.78. The minimum atomic E-state index is -0.172. The number of likely N-dealkylation sites (tertiary alicyclic amines) is 1. The van der Waals surface area contributed by atoms with Gasteiger partial charge in [0, 0.05) is 25.3 Å². The number of hydrogen-bond donors (Lipinski definition) is 0. The van der Waals surface area contributed by atoms with E-state index in [4.69, 9.17) is 0 Å². The highest BCUT2D eigenvalue weighted by atomic mass is 19.1. The van der Waals surface area contributed by atoms with Gasteiger partial charge in [-0.1, -0.05) is 42.5 Å². The first-order valence-corrected chi connectivity index (χ1v) is 8.82. The Balaban J connectivity index is 1.50. The molecule has 1 aromatic heterocycles. The second-order valence-corrected chi connectivity index (χ2v) is 6.68. The van der Waals surface area contributed by atoms with E-state index < -0.39 is 0 Å². The maximum atomic E-state index is 13.2. The van der Waals surface area contributed by atoms with Gasteiger partial charge in [0.15, 0.2) is 0 Å². The Kier molecular flexibility index (Phi) is 4.61. The summed E-state index contributed by atoms with van der Waals surface area (Å²) >= 11 is 0. The Morgan fingerprint density at radius 3 is 2.60 bits per heavy atom. The zero-order valence-electron chi connectivity index (χ0n) is 14.2. The fourth-order valence-corrected chi connectivity index (χ4v) is 3.69. The molecule has 1 fully saturated rings. The lowest BCUT2D eigenvalue weighted by atomic mass is 10.0. The molecule has 0 radical (unpaired) electrons. The van der Waals surface area contributed by atoms with E-state index in [2.05, 4.69) is 38.7 Å². The first-order chi connectivity index (χ1) is 12.3. The minimum absolute atomic E-state index is 0.172.